The largest absolute Gasteiger partial charge is 0.313 e. The van der Waals surface area contributed by atoms with Gasteiger partial charge >= 0.3 is 0 Å². The zero-order chi connectivity index (χ0) is 11.0. The van der Waals surface area contributed by atoms with E-state index in [1.165, 1.54) is 0 Å². The second kappa shape index (κ2) is 6.82. The molecule has 0 heterocycles. The number of rotatable bonds is 6. The van der Waals surface area contributed by atoms with Gasteiger partial charge in [0.2, 0.25) is 10.0 Å². The van der Waals surface area contributed by atoms with Crippen molar-refractivity contribution in [2.75, 3.05) is 18.8 Å². The summed E-state index contributed by atoms with van der Waals surface area (Å²) in [6, 6.07) is 0.306. The molecule has 14 heavy (non-hydrogen) atoms. The first-order valence-corrected chi connectivity index (χ1v) is 6.23. The Morgan fingerprint density at radius 3 is 2.50 bits per heavy atom. The summed E-state index contributed by atoms with van der Waals surface area (Å²) in [5.74, 6) is 5.36. The van der Waals surface area contributed by atoms with Gasteiger partial charge in [0.1, 0.15) is 0 Å². The molecule has 0 saturated heterocycles. The molecular weight excluding hydrogens is 200 g/mol. The van der Waals surface area contributed by atoms with Gasteiger partial charge in [0.15, 0.2) is 0 Å². The minimum Gasteiger partial charge on any atom is -0.313 e. The van der Waals surface area contributed by atoms with Gasteiger partial charge in [-0.3, -0.25) is 0 Å². The molecule has 0 atom stereocenters. The lowest BCUT2D eigenvalue weighted by atomic mass is 10.4. The fourth-order valence-electron chi connectivity index (χ4n) is 0.789. The second-order valence-electron chi connectivity index (χ2n) is 3.18. The van der Waals surface area contributed by atoms with E-state index in [1.807, 2.05) is 13.8 Å². The Hall–Kier alpha value is -0.570. The first-order chi connectivity index (χ1) is 6.48. The van der Waals surface area contributed by atoms with E-state index in [0.717, 1.165) is 0 Å². The summed E-state index contributed by atoms with van der Waals surface area (Å²) in [7, 11) is -3.16. The summed E-state index contributed by atoms with van der Waals surface area (Å²) in [6.45, 7) is 6.28. The normalized spacial score (nSPS) is 11.1. The molecule has 0 saturated carbocycles. The van der Waals surface area contributed by atoms with Crippen LogP contribution in [-0.2, 0) is 10.0 Å². The van der Waals surface area contributed by atoms with Crippen molar-refractivity contribution in [2.45, 2.75) is 26.8 Å². The molecule has 0 rings (SSSR count). The number of hydrogen-bond acceptors (Lipinski definition) is 3. The second-order valence-corrected chi connectivity index (χ2v) is 5.10. The number of nitrogens with one attached hydrogen (secondary N) is 2. The molecule has 0 aromatic heterocycles. The summed E-state index contributed by atoms with van der Waals surface area (Å²) >= 11 is 0. The van der Waals surface area contributed by atoms with E-state index >= 15 is 0 Å². The Morgan fingerprint density at radius 1 is 1.36 bits per heavy atom. The van der Waals surface area contributed by atoms with Gasteiger partial charge in [-0.2, -0.15) is 0 Å². The van der Waals surface area contributed by atoms with E-state index in [2.05, 4.69) is 21.9 Å². The van der Waals surface area contributed by atoms with Crippen molar-refractivity contribution in [1.29, 1.82) is 0 Å². The van der Waals surface area contributed by atoms with Crippen molar-refractivity contribution < 1.29 is 8.42 Å². The zero-order valence-corrected chi connectivity index (χ0v) is 9.74. The van der Waals surface area contributed by atoms with Crippen LogP contribution in [0, 0.1) is 11.8 Å². The Labute approximate surface area is 86.5 Å². The van der Waals surface area contributed by atoms with Crippen LogP contribution in [0.4, 0.5) is 0 Å². The molecule has 2 N–H and O–H groups in total. The molecule has 4 nitrogen and oxygen atoms in total. The third-order valence-electron chi connectivity index (χ3n) is 1.48. The molecule has 0 aliphatic rings. The standard InChI is InChI=1S/C9H18N2O2S/c1-4-5-6-11-14(12,13)8-7-10-9(2)3/h9-11H,6-8H2,1-3H3. The molecule has 0 radical (unpaired) electrons. The van der Waals surface area contributed by atoms with Crippen molar-refractivity contribution in [3.05, 3.63) is 0 Å². The Balaban J connectivity index is 3.77. The van der Waals surface area contributed by atoms with Crippen LogP contribution in [0.15, 0.2) is 0 Å². The lowest BCUT2D eigenvalue weighted by molar-refractivity contribution is 0.570. The number of sulfonamides is 1. The highest BCUT2D eigenvalue weighted by Crippen LogP contribution is 1.83. The van der Waals surface area contributed by atoms with E-state index in [-0.39, 0.29) is 12.3 Å². The fourth-order valence-corrected chi connectivity index (χ4v) is 1.61. The maximum Gasteiger partial charge on any atom is 0.213 e. The van der Waals surface area contributed by atoms with Gasteiger partial charge in [0.05, 0.1) is 12.3 Å². The lowest BCUT2D eigenvalue weighted by Crippen LogP contribution is -2.34. The minimum absolute atomic E-state index is 0.0938. The predicted molar refractivity (Wildman–Crippen MR) is 58.4 cm³/mol. The van der Waals surface area contributed by atoms with Gasteiger partial charge in [0.25, 0.3) is 0 Å². The first kappa shape index (κ1) is 13.4. The first-order valence-electron chi connectivity index (χ1n) is 4.58. The Morgan fingerprint density at radius 2 is 2.00 bits per heavy atom. The molecule has 0 aromatic carbocycles. The molecule has 0 fully saturated rings. The molecule has 0 amide bonds. The van der Waals surface area contributed by atoms with Crippen LogP contribution in [0.5, 0.6) is 0 Å². The Bertz CT molecular complexity index is 299. The van der Waals surface area contributed by atoms with Crippen molar-refractivity contribution in [3.63, 3.8) is 0 Å². The van der Waals surface area contributed by atoms with E-state index in [0.29, 0.717) is 12.6 Å². The summed E-state index contributed by atoms with van der Waals surface area (Å²) in [5, 5.41) is 3.04. The topological polar surface area (TPSA) is 58.2 Å². The predicted octanol–water partition coefficient (Wildman–Crippen LogP) is -0.0729. The number of hydrogen-bond donors (Lipinski definition) is 2. The molecular formula is C9H18N2O2S. The molecule has 0 spiro atoms. The van der Waals surface area contributed by atoms with Gasteiger partial charge in [-0.05, 0) is 6.92 Å². The fraction of sp³-hybridized carbons (Fsp3) is 0.778. The van der Waals surface area contributed by atoms with Crippen LogP contribution in [-0.4, -0.2) is 33.3 Å². The molecule has 0 aromatic rings. The molecule has 0 aliphatic carbocycles. The van der Waals surface area contributed by atoms with Crippen molar-refractivity contribution in [3.8, 4) is 11.8 Å². The zero-order valence-electron chi connectivity index (χ0n) is 8.92. The van der Waals surface area contributed by atoms with Gasteiger partial charge in [-0.25, -0.2) is 13.1 Å². The van der Waals surface area contributed by atoms with E-state index < -0.39 is 10.0 Å². The maximum atomic E-state index is 11.3. The lowest BCUT2D eigenvalue weighted by Gasteiger charge is -2.08. The Kier molecular flexibility index (Phi) is 6.54. The third-order valence-corrected chi connectivity index (χ3v) is 2.81. The highest BCUT2D eigenvalue weighted by molar-refractivity contribution is 7.89. The van der Waals surface area contributed by atoms with Gasteiger partial charge in [0, 0.05) is 12.6 Å². The van der Waals surface area contributed by atoms with Crippen LogP contribution in [0.25, 0.3) is 0 Å². The monoisotopic (exact) mass is 218 g/mol. The molecule has 82 valence electrons. The van der Waals surface area contributed by atoms with E-state index in [4.69, 9.17) is 0 Å². The summed E-state index contributed by atoms with van der Waals surface area (Å²) in [4.78, 5) is 0. The smallest absolute Gasteiger partial charge is 0.213 e. The van der Waals surface area contributed by atoms with Crippen molar-refractivity contribution >= 4 is 10.0 Å². The maximum absolute atomic E-state index is 11.3. The van der Waals surface area contributed by atoms with E-state index in [1.54, 1.807) is 6.92 Å². The highest BCUT2D eigenvalue weighted by atomic mass is 32.2. The summed E-state index contributed by atoms with van der Waals surface area (Å²) in [5.41, 5.74) is 0. The molecule has 0 aliphatic heterocycles. The van der Waals surface area contributed by atoms with Gasteiger partial charge in [-0.15, -0.1) is 5.92 Å². The average molecular weight is 218 g/mol. The van der Waals surface area contributed by atoms with Crippen LogP contribution in [0.1, 0.15) is 20.8 Å². The van der Waals surface area contributed by atoms with Crippen LogP contribution in [0.2, 0.25) is 0 Å². The summed E-state index contributed by atoms with van der Waals surface area (Å²) in [6.07, 6.45) is 0. The average Bonchev–Trinajstić information content (AvgIpc) is 2.03. The van der Waals surface area contributed by atoms with Gasteiger partial charge < -0.3 is 5.32 Å². The highest BCUT2D eigenvalue weighted by Gasteiger charge is 2.07. The van der Waals surface area contributed by atoms with Crippen LogP contribution < -0.4 is 10.0 Å². The minimum atomic E-state index is -3.16. The third kappa shape index (κ3) is 8.05. The molecule has 0 unspecified atom stereocenters. The van der Waals surface area contributed by atoms with E-state index in [9.17, 15) is 8.42 Å². The van der Waals surface area contributed by atoms with Crippen LogP contribution in [0.3, 0.4) is 0 Å². The SMILES string of the molecule is CC#CCNS(=O)(=O)CCNC(C)C. The van der Waals surface area contributed by atoms with Crippen molar-refractivity contribution in [2.24, 2.45) is 0 Å². The molecule has 5 heteroatoms. The van der Waals surface area contributed by atoms with Crippen molar-refractivity contribution in [1.82, 2.24) is 10.0 Å². The molecule has 0 bridgehead atoms. The summed E-state index contributed by atoms with van der Waals surface area (Å²) < 4.78 is 24.9. The quantitative estimate of drug-likeness (QED) is 0.613. The van der Waals surface area contributed by atoms with Gasteiger partial charge in [-0.1, -0.05) is 19.8 Å². The van der Waals surface area contributed by atoms with Crippen LogP contribution >= 0.6 is 0 Å².